The van der Waals surface area contributed by atoms with E-state index in [-0.39, 0.29) is 47.8 Å². The molecular formula is C20H21F2N5O6S. The van der Waals surface area contributed by atoms with Crippen molar-refractivity contribution in [1.29, 1.82) is 0 Å². The minimum Gasteiger partial charge on any atom is -0.474 e. The number of nitro benzene ring substituents is 1. The molecule has 14 heteroatoms. The molecule has 1 atom stereocenters. The highest BCUT2D eigenvalue weighted by molar-refractivity contribution is 7.89. The van der Waals surface area contributed by atoms with Crippen LogP contribution in [0.5, 0.6) is 5.88 Å². The van der Waals surface area contributed by atoms with Gasteiger partial charge in [-0.1, -0.05) is 13.0 Å². The molecule has 0 aliphatic carbocycles. The predicted octanol–water partition coefficient (Wildman–Crippen LogP) is 3.32. The number of aromatic nitrogens is 2. The Labute approximate surface area is 193 Å². The normalized spacial score (nSPS) is 12.5. The molecule has 1 heterocycles. The molecule has 3 rings (SSSR count). The monoisotopic (exact) mass is 497 g/mol. The van der Waals surface area contributed by atoms with Crippen LogP contribution in [0, 0.1) is 21.7 Å². The Morgan fingerprint density at radius 1 is 1.24 bits per heavy atom. The molecule has 0 radical (unpaired) electrons. The molecule has 3 N–H and O–H groups in total. The summed E-state index contributed by atoms with van der Waals surface area (Å²) in [7, 11) is -2.73. The molecule has 34 heavy (non-hydrogen) atoms. The van der Waals surface area contributed by atoms with Crippen LogP contribution in [0.3, 0.4) is 0 Å². The number of nitrogens with two attached hydrogens (primary N) is 1. The van der Waals surface area contributed by atoms with Crippen molar-refractivity contribution in [3.63, 3.8) is 0 Å². The predicted molar refractivity (Wildman–Crippen MR) is 119 cm³/mol. The van der Waals surface area contributed by atoms with Gasteiger partial charge in [-0.2, -0.15) is 0 Å². The van der Waals surface area contributed by atoms with Crippen LogP contribution in [0.2, 0.25) is 0 Å². The number of methoxy groups -OCH3 is 1. The first-order chi connectivity index (χ1) is 16.1. The molecule has 0 aliphatic rings. The minimum atomic E-state index is -4.20. The molecule has 2 aromatic carbocycles. The van der Waals surface area contributed by atoms with Crippen LogP contribution in [-0.2, 0) is 14.8 Å². The largest absolute Gasteiger partial charge is 0.474 e. The van der Waals surface area contributed by atoms with Gasteiger partial charge in [-0.15, -0.1) is 0 Å². The number of benzene rings is 2. The molecule has 0 saturated carbocycles. The first kappa shape index (κ1) is 25.1. The number of hydrogen-bond donors (Lipinski definition) is 2. The van der Waals surface area contributed by atoms with Crippen LogP contribution in [0.1, 0.15) is 24.2 Å². The Morgan fingerprint density at radius 2 is 1.97 bits per heavy atom. The second-order valence-electron chi connectivity index (χ2n) is 7.07. The molecular weight excluding hydrogens is 476 g/mol. The van der Waals surface area contributed by atoms with Crippen LogP contribution in [0.4, 0.5) is 25.8 Å². The highest BCUT2D eigenvalue weighted by atomic mass is 32.2. The molecule has 1 aromatic heterocycles. The molecule has 1 unspecified atom stereocenters. The summed E-state index contributed by atoms with van der Waals surface area (Å²) < 4.78 is 63.7. The fourth-order valence-corrected chi connectivity index (χ4v) is 4.33. The van der Waals surface area contributed by atoms with Gasteiger partial charge in [0.15, 0.2) is 11.3 Å². The number of primary sulfonamides is 1. The zero-order valence-electron chi connectivity index (χ0n) is 18.1. The average Bonchev–Trinajstić information content (AvgIpc) is 2.77. The van der Waals surface area contributed by atoms with E-state index < -0.39 is 43.2 Å². The highest BCUT2D eigenvalue weighted by Crippen LogP contribution is 2.38. The molecule has 0 saturated heterocycles. The Balaban J connectivity index is 2.12. The lowest BCUT2D eigenvalue weighted by Gasteiger charge is -2.17. The van der Waals surface area contributed by atoms with Gasteiger partial charge in [0.05, 0.1) is 23.2 Å². The molecule has 0 amide bonds. The molecule has 3 aromatic rings. The molecule has 0 bridgehead atoms. The second kappa shape index (κ2) is 10.2. The van der Waals surface area contributed by atoms with Crippen LogP contribution in [-0.4, -0.2) is 43.6 Å². The molecule has 0 aliphatic heterocycles. The fourth-order valence-electron chi connectivity index (χ4n) is 3.33. The van der Waals surface area contributed by atoms with E-state index in [1.807, 2.05) is 0 Å². The van der Waals surface area contributed by atoms with E-state index in [1.54, 1.807) is 0 Å². The molecule has 0 spiro atoms. The van der Waals surface area contributed by atoms with Crippen LogP contribution in [0.25, 0.3) is 11.0 Å². The van der Waals surface area contributed by atoms with Crippen molar-refractivity contribution in [2.24, 2.45) is 5.14 Å². The van der Waals surface area contributed by atoms with Crippen LogP contribution in [0.15, 0.2) is 30.5 Å². The molecule has 182 valence electrons. The van der Waals surface area contributed by atoms with Gasteiger partial charge in [0, 0.05) is 12.7 Å². The Morgan fingerprint density at radius 3 is 2.59 bits per heavy atom. The van der Waals surface area contributed by atoms with Crippen molar-refractivity contribution in [2.75, 3.05) is 25.6 Å². The first-order valence-corrected chi connectivity index (χ1v) is 11.5. The second-order valence-corrected chi connectivity index (χ2v) is 8.82. The summed E-state index contributed by atoms with van der Waals surface area (Å²) in [6.07, 6.45) is 1.20. The van der Waals surface area contributed by atoms with Crippen molar-refractivity contribution < 1.29 is 31.6 Å². The maximum absolute atomic E-state index is 15.2. The van der Waals surface area contributed by atoms with E-state index in [4.69, 9.17) is 14.6 Å². The molecule has 0 fully saturated rings. The van der Waals surface area contributed by atoms with E-state index >= 15 is 4.39 Å². The summed E-state index contributed by atoms with van der Waals surface area (Å²) in [5.74, 6) is -2.34. The number of hydrogen-bond acceptors (Lipinski definition) is 9. The van der Waals surface area contributed by atoms with E-state index in [9.17, 15) is 22.9 Å². The summed E-state index contributed by atoms with van der Waals surface area (Å²) in [5, 5.41) is 18.0. The number of rotatable bonds is 10. The lowest BCUT2D eigenvalue weighted by molar-refractivity contribution is -0.382. The first-order valence-electron chi connectivity index (χ1n) is 9.90. The number of nitro groups is 1. The number of fused-ring (bicyclic) bond motifs is 1. The van der Waals surface area contributed by atoms with Crippen molar-refractivity contribution >= 4 is 38.1 Å². The zero-order valence-corrected chi connectivity index (χ0v) is 18.9. The maximum Gasteiger partial charge on any atom is 0.320 e. The Kier molecular flexibility index (Phi) is 7.54. The number of nitrogens with one attached hydrogen (secondary N) is 1. The van der Waals surface area contributed by atoms with Gasteiger partial charge in [-0.3, -0.25) is 10.1 Å². The third-order valence-corrected chi connectivity index (χ3v) is 6.26. The van der Waals surface area contributed by atoms with E-state index in [0.717, 1.165) is 12.1 Å². The van der Waals surface area contributed by atoms with Crippen molar-refractivity contribution in [3.8, 4) is 5.88 Å². The SMILES string of the molecule is CCC(c1ccc(F)c(Nc2ccc3ncc(OCCOC)nc3c2[N+](=O)[O-])c1F)S(N)(=O)=O. The topological polar surface area (TPSA) is 160 Å². The number of ether oxygens (including phenoxy) is 2. The quantitative estimate of drug-likeness (QED) is 0.243. The Hall–Kier alpha value is -3.49. The molecule has 11 nitrogen and oxygen atoms in total. The Bertz CT molecular complexity index is 1340. The third-order valence-electron chi connectivity index (χ3n) is 4.88. The van der Waals surface area contributed by atoms with Crippen molar-refractivity contribution in [1.82, 2.24) is 9.97 Å². The van der Waals surface area contributed by atoms with Gasteiger partial charge < -0.3 is 14.8 Å². The van der Waals surface area contributed by atoms with Gasteiger partial charge in [0.2, 0.25) is 15.9 Å². The minimum absolute atomic E-state index is 0.0110. The van der Waals surface area contributed by atoms with Crippen LogP contribution >= 0.6 is 0 Å². The standard InChI is InChI=1S/C20H21F2N5O6S/c1-3-15(34(23,30)31)11-4-5-12(21)18(17(11)22)25-14-7-6-13-19(20(14)27(28)29)26-16(10-24-13)33-9-8-32-2/h4-7,10,15,25H,3,8-9H2,1-2H3,(H2,23,30,31). The number of sulfonamides is 1. The van der Waals surface area contributed by atoms with E-state index in [0.29, 0.717) is 0 Å². The van der Waals surface area contributed by atoms with Crippen LogP contribution < -0.4 is 15.2 Å². The zero-order chi connectivity index (χ0) is 25.0. The van der Waals surface area contributed by atoms with Crippen molar-refractivity contribution in [2.45, 2.75) is 18.6 Å². The lowest BCUT2D eigenvalue weighted by Crippen LogP contribution is -2.22. The van der Waals surface area contributed by atoms with Crippen molar-refractivity contribution in [3.05, 3.63) is 57.8 Å². The summed E-state index contributed by atoms with van der Waals surface area (Å²) in [6, 6.07) is 4.40. The lowest BCUT2D eigenvalue weighted by atomic mass is 10.1. The highest BCUT2D eigenvalue weighted by Gasteiger charge is 2.29. The third kappa shape index (κ3) is 5.18. The number of anilines is 2. The van der Waals surface area contributed by atoms with Gasteiger partial charge in [-0.25, -0.2) is 32.3 Å². The number of halogens is 2. The maximum atomic E-state index is 15.2. The van der Waals surface area contributed by atoms with Gasteiger partial charge in [0.25, 0.3) is 0 Å². The fraction of sp³-hybridized carbons (Fsp3) is 0.300. The van der Waals surface area contributed by atoms with Gasteiger partial charge in [0.1, 0.15) is 29.0 Å². The average molecular weight is 497 g/mol. The van der Waals surface area contributed by atoms with Gasteiger partial charge in [-0.05, 0) is 24.6 Å². The summed E-state index contributed by atoms with van der Waals surface area (Å²) in [4.78, 5) is 19.3. The summed E-state index contributed by atoms with van der Waals surface area (Å²) in [5.41, 5.74) is -2.08. The van der Waals surface area contributed by atoms with Gasteiger partial charge >= 0.3 is 5.69 Å². The smallest absolute Gasteiger partial charge is 0.320 e. The number of nitrogens with zero attached hydrogens (tertiary/aromatic N) is 3. The summed E-state index contributed by atoms with van der Waals surface area (Å²) in [6.45, 7) is 1.84. The summed E-state index contributed by atoms with van der Waals surface area (Å²) >= 11 is 0. The van der Waals surface area contributed by atoms with E-state index in [2.05, 4.69) is 15.3 Å². The van der Waals surface area contributed by atoms with E-state index in [1.165, 1.54) is 32.4 Å².